The van der Waals surface area contributed by atoms with Crippen LogP contribution in [0, 0.1) is 6.07 Å². The molecule has 0 amide bonds. The molecule has 75 valence electrons. The van der Waals surface area contributed by atoms with Crippen molar-refractivity contribution in [1.29, 1.82) is 0 Å². The molecule has 1 radical (unpaired) electrons. The molecule has 1 aliphatic carbocycles. The highest BCUT2D eigenvalue weighted by Crippen LogP contribution is 2.30. The normalized spacial score (nSPS) is 16.9. The van der Waals surface area contributed by atoms with Crippen LogP contribution < -0.4 is 9.47 Å². The first-order valence-corrected chi connectivity index (χ1v) is 5.11. The molecular weight excluding hydrogens is 176 g/mol. The molecule has 0 aliphatic heterocycles. The van der Waals surface area contributed by atoms with E-state index in [1.807, 2.05) is 18.2 Å². The summed E-state index contributed by atoms with van der Waals surface area (Å²) in [4.78, 5) is 0. The van der Waals surface area contributed by atoms with Gasteiger partial charge in [0.1, 0.15) is 0 Å². The zero-order valence-corrected chi connectivity index (χ0v) is 8.45. The van der Waals surface area contributed by atoms with Gasteiger partial charge in [0.2, 0.25) is 0 Å². The van der Waals surface area contributed by atoms with E-state index < -0.39 is 0 Å². The van der Waals surface area contributed by atoms with E-state index >= 15 is 0 Å². The second-order valence-corrected chi connectivity index (χ2v) is 3.59. The van der Waals surface area contributed by atoms with Gasteiger partial charge in [-0.1, -0.05) is 12.1 Å². The zero-order chi connectivity index (χ0) is 9.80. The molecule has 0 saturated heterocycles. The van der Waals surface area contributed by atoms with Crippen molar-refractivity contribution < 1.29 is 9.47 Å². The van der Waals surface area contributed by atoms with Crippen LogP contribution in [0.2, 0.25) is 0 Å². The Morgan fingerprint density at radius 1 is 1.36 bits per heavy atom. The first-order valence-electron chi connectivity index (χ1n) is 5.11. The van der Waals surface area contributed by atoms with Crippen molar-refractivity contribution in [3.05, 3.63) is 24.3 Å². The van der Waals surface area contributed by atoms with E-state index in [-0.39, 0.29) is 0 Å². The summed E-state index contributed by atoms with van der Waals surface area (Å²) in [6, 6.07) is 8.71. The largest absolute Gasteiger partial charge is 0.492 e. The van der Waals surface area contributed by atoms with Gasteiger partial charge < -0.3 is 9.47 Å². The summed E-state index contributed by atoms with van der Waals surface area (Å²) in [6.07, 6.45) is 5.27. The number of hydrogen-bond donors (Lipinski definition) is 0. The fourth-order valence-electron chi connectivity index (χ4n) is 1.84. The van der Waals surface area contributed by atoms with Crippen LogP contribution in [0.3, 0.4) is 0 Å². The maximum Gasteiger partial charge on any atom is 0.168 e. The summed E-state index contributed by atoms with van der Waals surface area (Å²) in [5.41, 5.74) is 0. The number of para-hydroxylation sites is 1. The van der Waals surface area contributed by atoms with Gasteiger partial charge in [-0.2, -0.15) is 0 Å². The molecule has 14 heavy (non-hydrogen) atoms. The SMILES string of the molecule is COc1[c]cccc1OC1CCCC1. The van der Waals surface area contributed by atoms with Crippen molar-refractivity contribution in [1.82, 2.24) is 0 Å². The van der Waals surface area contributed by atoms with Gasteiger partial charge in [-0.15, -0.1) is 0 Å². The fraction of sp³-hybridized carbons (Fsp3) is 0.500. The van der Waals surface area contributed by atoms with Gasteiger partial charge >= 0.3 is 0 Å². The van der Waals surface area contributed by atoms with E-state index in [9.17, 15) is 0 Å². The maximum atomic E-state index is 5.84. The summed E-state index contributed by atoms with van der Waals surface area (Å²) in [7, 11) is 1.65. The Kier molecular flexibility index (Phi) is 2.92. The Balaban J connectivity index is 2.07. The van der Waals surface area contributed by atoms with Crippen LogP contribution >= 0.6 is 0 Å². The Labute approximate surface area is 84.8 Å². The van der Waals surface area contributed by atoms with E-state index in [0.29, 0.717) is 11.9 Å². The molecule has 0 atom stereocenters. The lowest BCUT2D eigenvalue weighted by atomic mass is 10.3. The van der Waals surface area contributed by atoms with Gasteiger partial charge in [0.25, 0.3) is 0 Å². The highest BCUT2D eigenvalue weighted by atomic mass is 16.5. The average Bonchev–Trinajstić information content (AvgIpc) is 2.71. The third kappa shape index (κ3) is 2.00. The number of rotatable bonds is 3. The summed E-state index contributed by atoms with van der Waals surface area (Å²) in [5, 5.41) is 0. The third-order valence-corrected chi connectivity index (χ3v) is 2.58. The highest BCUT2D eigenvalue weighted by molar-refractivity contribution is 5.38. The van der Waals surface area contributed by atoms with Crippen LogP contribution in [0.5, 0.6) is 11.5 Å². The summed E-state index contributed by atoms with van der Waals surface area (Å²) >= 11 is 0. The Bertz CT molecular complexity index is 290. The molecule has 0 bridgehead atoms. The Hall–Kier alpha value is -1.18. The predicted molar refractivity (Wildman–Crippen MR) is 54.7 cm³/mol. The lowest BCUT2D eigenvalue weighted by Gasteiger charge is -2.15. The molecule has 2 heteroatoms. The minimum absolute atomic E-state index is 0.375. The van der Waals surface area contributed by atoms with Crippen LogP contribution in [0.1, 0.15) is 25.7 Å². The molecule has 2 nitrogen and oxygen atoms in total. The maximum absolute atomic E-state index is 5.84. The van der Waals surface area contributed by atoms with Crippen LogP contribution in [0.25, 0.3) is 0 Å². The molecule has 0 spiro atoms. The van der Waals surface area contributed by atoms with Gasteiger partial charge in [0.15, 0.2) is 11.5 Å². The molecule has 1 aliphatic rings. The van der Waals surface area contributed by atoms with Crippen LogP contribution in [0.15, 0.2) is 18.2 Å². The van der Waals surface area contributed by atoms with Gasteiger partial charge in [-0.3, -0.25) is 0 Å². The quantitative estimate of drug-likeness (QED) is 0.731. The number of ether oxygens (including phenoxy) is 2. The Morgan fingerprint density at radius 2 is 2.14 bits per heavy atom. The first-order chi connectivity index (χ1) is 6.90. The first kappa shape index (κ1) is 9.38. The van der Waals surface area contributed by atoms with Gasteiger partial charge in [-0.25, -0.2) is 0 Å². The fourth-order valence-corrected chi connectivity index (χ4v) is 1.84. The molecule has 1 fully saturated rings. The van der Waals surface area contributed by atoms with Crippen LogP contribution in [0.4, 0.5) is 0 Å². The summed E-state index contributed by atoms with van der Waals surface area (Å²) in [6.45, 7) is 0. The topological polar surface area (TPSA) is 18.5 Å². The van der Waals surface area contributed by atoms with Crippen LogP contribution in [-0.4, -0.2) is 13.2 Å². The van der Waals surface area contributed by atoms with Crippen molar-refractivity contribution in [3.8, 4) is 11.5 Å². The lowest BCUT2D eigenvalue weighted by Crippen LogP contribution is -2.11. The summed E-state index contributed by atoms with van der Waals surface area (Å²) < 4.78 is 11.0. The molecule has 2 rings (SSSR count). The molecule has 0 heterocycles. The monoisotopic (exact) mass is 191 g/mol. The molecule has 0 N–H and O–H groups in total. The van der Waals surface area contributed by atoms with E-state index in [2.05, 4.69) is 6.07 Å². The molecule has 1 aromatic carbocycles. The Morgan fingerprint density at radius 3 is 2.86 bits per heavy atom. The summed E-state index contributed by atoms with van der Waals surface area (Å²) in [5.74, 6) is 1.53. The minimum Gasteiger partial charge on any atom is -0.492 e. The highest BCUT2D eigenvalue weighted by Gasteiger charge is 2.17. The van der Waals surface area contributed by atoms with Crippen molar-refractivity contribution in [2.24, 2.45) is 0 Å². The molecule has 0 unspecified atom stereocenters. The van der Waals surface area contributed by atoms with Gasteiger partial charge in [-0.05, 0) is 31.7 Å². The van der Waals surface area contributed by atoms with Crippen molar-refractivity contribution in [2.75, 3.05) is 7.11 Å². The molecule has 1 saturated carbocycles. The second kappa shape index (κ2) is 4.36. The van der Waals surface area contributed by atoms with E-state index in [0.717, 1.165) is 18.6 Å². The van der Waals surface area contributed by atoms with E-state index in [4.69, 9.17) is 9.47 Å². The molecule has 0 aromatic heterocycles. The van der Waals surface area contributed by atoms with Gasteiger partial charge in [0, 0.05) is 6.07 Å². The lowest BCUT2D eigenvalue weighted by molar-refractivity contribution is 0.200. The molecule has 1 aromatic rings. The number of hydrogen-bond acceptors (Lipinski definition) is 2. The van der Waals surface area contributed by atoms with Crippen LogP contribution in [-0.2, 0) is 0 Å². The van der Waals surface area contributed by atoms with Gasteiger partial charge in [0.05, 0.1) is 13.2 Å². The second-order valence-electron chi connectivity index (χ2n) is 3.59. The zero-order valence-electron chi connectivity index (χ0n) is 8.45. The van der Waals surface area contributed by atoms with Crippen molar-refractivity contribution in [2.45, 2.75) is 31.8 Å². The third-order valence-electron chi connectivity index (χ3n) is 2.58. The smallest absolute Gasteiger partial charge is 0.168 e. The molecular formula is C12H15O2. The average molecular weight is 191 g/mol. The minimum atomic E-state index is 0.375. The van der Waals surface area contributed by atoms with E-state index in [1.54, 1.807) is 7.11 Å². The predicted octanol–water partition coefficient (Wildman–Crippen LogP) is 2.82. The van der Waals surface area contributed by atoms with E-state index in [1.165, 1.54) is 12.8 Å². The standard InChI is InChI=1S/C12H15O2/c1-13-11-8-4-5-9-12(11)14-10-6-2-3-7-10/h4-5,9-10H,2-3,6-7H2,1H3. The van der Waals surface area contributed by atoms with Crippen molar-refractivity contribution in [3.63, 3.8) is 0 Å². The number of benzene rings is 1. The van der Waals surface area contributed by atoms with Crippen molar-refractivity contribution >= 4 is 0 Å². The number of methoxy groups -OCH3 is 1.